The minimum absolute atomic E-state index is 0.0225. The molecule has 1 saturated heterocycles. The van der Waals surface area contributed by atoms with Crippen LogP contribution < -0.4 is 5.32 Å². The zero-order valence-corrected chi connectivity index (χ0v) is 13.5. The van der Waals surface area contributed by atoms with Crippen molar-refractivity contribution in [1.29, 1.82) is 0 Å². The summed E-state index contributed by atoms with van der Waals surface area (Å²) in [7, 11) is 1.99. The highest BCUT2D eigenvalue weighted by Crippen LogP contribution is 2.32. The maximum Gasteiger partial charge on any atom is 0.246 e. The molecule has 1 aliphatic heterocycles. The number of allylic oxidation sites excluding steroid dienone is 1. The fourth-order valence-corrected chi connectivity index (χ4v) is 3.23. The van der Waals surface area contributed by atoms with E-state index in [-0.39, 0.29) is 17.9 Å². The normalized spacial score (nSPS) is 24.7. The average Bonchev–Trinajstić information content (AvgIpc) is 2.89. The van der Waals surface area contributed by atoms with Crippen LogP contribution in [0.1, 0.15) is 51.0 Å². The molecule has 5 nitrogen and oxygen atoms in total. The van der Waals surface area contributed by atoms with Crippen LogP contribution in [0, 0.1) is 5.92 Å². The number of ether oxygens (including phenoxy) is 1. The van der Waals surface area contributed by atoms with E-state index in [4.69, 9.17) is 4.74 Å². The van der Waals surface area contributed by atoms with E-state index in [0.29, 0.717) is 6.54 Å². The standard InChI is InChI=1S/C17H25N3O2/c1-12(13-5-3-6-13)17(21)19-11-14-7-4-10-22-15(14)16-18-8-9-20(16)2/h8-9,14-15H,3-7,10-11H2,1-2H3,(H,19,21)/t14-,15+/m0/s1. The van der Waals surface area contributed by atoms with Gasteiger partial charge in [0.15, 0.2) is 0 Å². The van der Waals surface area contributed by atoms with Crippen molar-refractivity contribution in [1.82, 2.24) is 14.9 Å². The second-order valence-corrected chi connectivity index (χ2v) is 6.38. The SMILES string of the molecule is CC(C(=O)NC[C@@H]1CCCO[C@H]1c1nccn1C)=C1CCC1. The van der Waals surface area contributed by atoms with Crippen molar-refractivity contribution >= 4 is 5.91 Å². The summed E-state index contributed by atoms with van der Waals surface area (Å²) in [6.45, 7) is 3.36. The molecule has 1 aliphatic carbocycles. The van der Waals surface area contributed by atoms with Crippen LogP contribution in [0.15, 0.2) is 23.5 Å². The first kappa shape index (κ1) is 15.3. The van der Waals surface area contributed by atoms with Crippen molar-refractivity contribution in [3.05, 3.63) is 29.4 Å². The molecule has 22 heavy (non-hydrogen) atoms. The Morgan fingerprint density at radius 1 is 1.45 bits per heavy atom. The van der Waals surface area contributed by atoms with E-state index in [2.05, 4.69) is 10.3 Å². The highest BCUT2D eigenvalue weighted by Gasteiger charge is 2.30. The number of aryl methyl sites for hydroxylation is 1. The van der Waals surface area contributed by atoms with Gasteiger partial charge in [0.25, 0.3) is 0 Å². The predicted molar refractivity (Wildman–Crippen MR) is 84.2 cm³/mol. The molecule has 3 rings (SSSR count). The van der Waals surface area contributed by atoms with Gasteiger partial charge in [0.1, 0.15) is 11.9 Å². The second-order valence-electron chi connectivity index (χ2n) is 6.38. The summed E-state index contributed by atoms with van der Waals surface area (Å²) in [6.07, 6.45) is 9.21. The van der Waals surface area contributed by atoms with Gasteiger partial charge in [-0.15, -0.1) is 0 Å². The molecule has 0 bridgehead atoms. The molecule has 2 fully saturated rings. The Bertz CT molecular complexity index is 570. The van der Waals surface area contributed by atoms with Crippen LogP contribution >= 0.6 is 0 Å². The summed E-state index contributed by atoms with van der Waals surface area (Å²) in [5.41, 5.74) is 2.23. The van der Waals surface area contributed by atoms with Crippen molar-refractivity contribution in [2.75, 3.05) is 13.2 Å². The fraction of sp³-hybridized carbons (Fsp3) is 0.647. The van der Waals surface area contributed by atoms with Crippen molar-refractivity contribution in [3.63, 3.8) is 0 Å². The Balaban J connectivity index is 1.62. The number of rotatable bonds is 4. The Morgan fingerprint density at radius 2 is 2.27 bits per heavy atom. The predicted octanol–water partition coefficient (Wildman–Crippen LogP) is 2.50. The Hall–Kier alpha value is -1.62. The summed E-state index contributed by atoms with van der Waals surface area (Å²) in [5, 5.41) is 3.10. The lowest BCUT2D eigenvalue weighted by Gasteiger charge is -2.31. The number of nitrogens with one attached hydrogen (secondary N) is 1. The maximum absolute atomic E-state index is 12.2. The molecule has 120 valence electrons. The molecular weight excluding hydrogens is 278 g/mol. The molecule has 0 spiro atoms. The fourth-order valence-electron chi connectivity index (χ4n) is 3.23. The van der Waals surface area contributed by atoms with Gasteiger partial charge >= 0.3 is 0 Å². The van der Waals surface area contributed by atoms with Crippen LogP contribution in [0.4, 0.5) is 0 Å². The topological polar surface area (TPSA) is 56.1 Å². The highest BCUT2D eigenvalue weighted by molar-refractivity contribution is 5.93. The van der Waals surface area contributed by atoms with Crippen molar-refractivity contribution in [2.24, 2.45) is 13.0 Å². The van der Waals surface area contributed by atoms with Crippen molar-refractivity contribution < 1.29 is 9.53 Å². The Labute approximate surface area is 131 Å². The molecule has 1 saturated carbocycles. The molecule has 2 aliphatic rings. The third-order valence-corrected chi connectivity index (χ3v) is 4.91. The van der Waals surface area contributed by atoms with Crippen LogP contribution in [0.2, 0.25) is 0 Å². The summed E-state index contributed by atoms with van der Waals surface area (Å²) in [5.74, 6) is 1.32. The van der Waals surface area contributed by atoms with E-state index in [1.54, 1.807) is 6.20 Å². The zero-order chi connectivity index (χ0) is 15.5. The first-order chi connectivity index (χ1) is 10.7. The third kappa shape index (κ3) is 3.09. The van der Waals surface area contributed by atoms with Gasteiger partial charge in [0, 0.05) is 44.1 Å². The van der Waals surface area contributed by atoms with Crippen LogP contribution in [-0.2, 0) is 16.6 Å². The smallest absolute Gasteiger partial charge is 0.246 e. The number of hydrogen-bond donors (Lipinski definition) is 1. The van der Waals surface area contributed by atoms with Gasteiger partial charge in [-0.1, -0.05) is 5.57 Å². The highest BCUT2D eigenvalue weighted by atomic mass is 16.5. The monoisotopic (exact) mass is 303 g/mol. The van der Waals surface area contributed by atoms with E-state index >= 15 is 0 Å². The molecule has 1 aromatic rings. The largest absolute Gasteiger partial charge is 0.370 e. The molecule has 1 amide bonds. The second kappa shape index (κ2) is 6.65. The van der Waals surface area contributed by atoms with E-state index < -0.39 is 0 Å². The first-order valence-electron chi connectivity index (χ1n) is 8.22. The first-order valence-corrected chi connectivity index (χ1v) is 8.22. The van der Waals surface area contributed by atoms with Gasteiger partial charge in [-0.2, -0.15) is 0 Å². The molecule has 0 unspecified atom stereocenters. The maximum atomic E-state index is 12.2. The number of hydrogen-bond acceptors (Lipinski definition) is 3. The summed E-state index contributed by atoms with van der Waals surface area (Å²) >= 11 is 0. The average molecular weight is 303 g/mol. The van der Waals surface area contributed by atoms with Gasteiger partial charge < -0.3 is 14.6 Å². The lowest BCUT2D eigenvalue weighted by Crippen LogP contribution is -2.36. The molecule has 5 heteroatoms. The molecule has 2 atom stereocenters. The Kier molecular flexibility index (Phi) is 4.62. The molecule has 0 radical (unpaired) electrons. The number of amides is 1. The summed E-state index contributed by atoms with van der Waals surface area (Å²) < 4.78 is 7.95. The molecule has 1 aromatic heterocycles. The van der Waals surface area contributed by atoms with E-state index in [0.717, 1.165) is 43.7 Å². The molecule has 0 aromatic carbocycles. The van der Waals surface area contributed by atoms with Gasteiger partial charge in [0.2, 0.25) is 5.91 Å². The minimum Gasteiger partial charge on any atom is -0.370 e. The minimum atomic E-state index is -0.0225. The van der Waals surface area contributed by atoms with Crippen LogP contribution in [0.5, 0.6) is 0 Å². The van der Waals surface area contributed by atoms with E-state index in [1.165, 1.54) is 12.0 Å². The quantitative estimate of drug-likeness (QED) is 0.870. The van der Waals surface area contributed by atoms with Crippen LogP contribution in [0.25, 0.3) is 0 Å². The number of nitrogens with zero attached hydrogens (tertiary/aromatic N) is 2. The molecular formula is C17H25N3O2. The summed E-state index contributed by atoms with van der Waals surface area (Å²) in [6, 6.07) is 0. The number of imidazole rings is 1. The van der Waals surface area contributed by atoms with Crippen LogP contribution in [-0.4, -0.2) is 28.6 Å². The number of carbonyl (C=O) groups excluding carboxylic acids is 1. The lowest BCUT2D eigenvalue weighted by molar-refractivity contribution is -0.118. The molecule has 1 N–H and O–H groups in total. The zero-order valence-electron chi connectivity index (χ0n) is 13.5. The van der Waals surface area contributed by atoms with Gasteiger partial charge in [-0.25, -0.2) is 4.98 Å². The van der Waals surface area contributed by atoms with Crippen LogP contribution in [0.3, 0.4) is 0 Å². The van der Waals surface area contributed by atoms with Gasteiger partial charge in [-0.05, 0) is 39.0 Å². The third-order valence-electron chi connectivity index (χ3n) is 4.91. The number of aromatic nitrogens is 2. The van der Waals surface area contributed by atoms with Gasteiger partial charge in [-0.3, -0.25) is 4.79 Å². The van der Waals surface area contributed by atoms with E-state index in [1.807, 2.05) is 24.7 Å². The van der Waals surface area contributed by atoms with Crippen molar-refractivity contribution in [3.8, 4) is 0 Å². The van der Waals surface area contributed by atoms with E-state index in [9.17, 15) is 4.79 Å². The summed E-state index contributed by atoms with van der Waals surface area (Å²) in [4.78, 5) is 16.7. The van der Waals surface area contributed by atoms with Gasteiger partial charge in [0.05, 0.1) is 0 Å². The Morgan fingerprint density at radius 3 is 2.91 bits per heavy atom. The molecule has 2 heterocycles. The number of carbonyl (C=O) groups is 1. The van der Waals surface area contributed by atoms with Crippen molar-refractivity contribution in [2.45, 2.75) is 45.1 Å². The lowest BCUT2D eigenvalue weighted by atomic mass is 9.88.